The zero-order valence-corrected chi connectivity index (χ0v) is 10.5. The molecule has 0 spiro atoms. The van der Waals surface area contributed by atoms with Crippen LogP contribution in [0.15, 0.2) is 0 Å². The Morgan fingerprint density at radius 3 is 2.62 bits per heavy atom. The van der Waals surface area contributed by atoms with Gasteiger partial charge in [-0.1, -0.05) is 19.8 Å². The largest absolute Gasteiger partial charge is 0.391 e. The molecule has 3 unspecified atom stereocenters. The number of nitrogens with zero attached hydrogens (tertiary/aromatic N) is 1. The number of aliphatic hydroxyl groups excluding tert-OH is 1. The molecule has 16 heavy (non-hydrogen) atoms. The van der Waals surface area contributed by atoms with E-state index in [4.69, 9.17) is 0 Å². The lowest BCUT2D eigenvalue weighted by Gasteiger charge is -2.43. The molecular formula is C13H26N2O. The minimum Gasteiger partial charge on any atom is -0.391 e. The lowest BCUT2D eigenvalue weighted by molar-refractivity contribution is -0.00410. The second-order valence-electron chi connectivity index (χ2n) is 5.25. The normalized spacial score (nSPS) is 36.6. The van der Waals surface area contributed by atoms with Crippen LogP contribution in [0.5, 0.6) is 0 Å². The lowest BCUT2D eigenvalue weighted by Crippen LogP contribution is -2.54. The maximum atomic E-state index is 10.1. The van der Waals surface area contributed by atoms with Gasteiger partial charge in [-0.2, -0.15) is 0 Å². The van der Waals surface area contributed by atoms with E-state index in [0.29, 0.717) is 12.1 Å². The van der Waals surface area contributed by atoms with Crippen LogP contribution >= 0.6 is 0 Å². The van der Waals surface area contributed by atoms with Gasteiger partial charge in [0.15, 0.2) is 0 Å². The number of hydrogen-bond acceptors (Lipinski definition) is 3. The van der Waals surface area contributed by atoms with Gasteiger partial charge < -0.3 is 10.4 Å². The van der Waals surface area contributed by atoms with E-state index in [2.05, 4.69) is 17.1 Å². The fourth-order valence-corrected chi connectivity index (χ4v) is 3.36. The van der Waals surface area contributed by atoms with Gasteiger partial charge in [-0.25, -0.2) is 0 Å². The molecule has 1 aliphatic heterocycles. The third kappa shape index (κ3) is 2.76. The predicted molar refractivity (Wildman–Crippen MR) is 66.5 cm³/mol. The van der Waals surface area contributed by atoms with E-state index in [-0.39, 0.29) is 6.10 Å². The van der Waals surface area contributed by atoms with Crippen molar-refractivity contribution in [2.45, 2.75) is 63.6 Å². The second kappa shape index (κ2) is 5.99. The van der Waals surface area contributed by atoms with Gasteiger partial charge in [-0.15, -0.1) is 0 Å². The van der Waals surface area contributed by atoms with Crippen molar-refractivity contribution in [2.75, 3.05) is 19.6 Å². The monoisotopic (exact) mass is 226 g/mol. The van der Waals surface area contributed by atoms with Crippen molar-refractivity contribution < 1.29 is 5.11 Å². The minimum absolute atomic E-state index is 0.0874. The first-order chi connectivity index (χ1) is 7.83. The van der Waals surface area contributed by atoms with Crippen LogP contribution in [0, 0.1) is 0 Å². The van der Waals surface area contributed by atoms with Crippen LogP contribution < -0.4 is 5.32 Å². The van der Waals surface area contributed by atoms with Gasteiger partial charge >= 0.3 is 0 Å². The Morgan fingerprint density at radius 2 is 2.00 bits per heavy atom. The van der Waals surface area contributed by atoms with Crippen LogP contribution in [0.25, 0.3) is 0 Å². The fraction of sp³-hybridized carbons (Fsp3) is 1.00. The first kappa shape index (κ1) is 12.3. The highest BCUT2D eigenvalue weighted by atomic mass is 16.3. The summed E-state index contributed by atoms with van der Waals surface area (Å²) in [5.74, 6) is 0. The van der Waals surface area contributed by atoms with Gasteiger partial charge in [0.2, 0.25) is 0 Å². The molecule has 0 amide bonds. The highest BCUT2D eigenvalue weighted by Crippen LogP contribution is 2.26. The van der Waals surface area contributed by atoms with Crippen molar-refractivity contribution in [3.05, 3.63) is 0 Å². The van der Waals surface area contributed by atoms with Gasteiger partial charge in [0.1, 0.15) is 0 Å². The summed E-state index contributed by atoms with van der Waals surface area (Å²) in [7, 11) is 0. The molecule has 2 aliphatic rings. The van der Waals surface area contributed by atoms with E-state index in [0.717, 1.165) is 19.5 Å². The quantitative estimate of drug-likeness (QED) is 0.763. The molecule has 94 valence electrons. The molecule has 1 aliphatic carbocycles. The molecule has 1 saturated heterocycles. The van der Waals surface area contributed by atoms with Crippen LogP contribution in [0.3, 0.4) is 0 Å². The summed E-state index contributed by atoms with van der Waals surface area (Å²) in [5.41, 5.74) is 0. The molecule has 0 aromatic heterocycles. The zero-order chi connectivity index (χ0) is 11.4. The molecule has 0 bridgehead atoms. The molecule has 0 aromatic carbocycles. The summed E-state index contributed by atoms with van der Waals surface area (Å²) in [6, 6.07) is 1.07. The van der Waals surface area contributed by atoms with Crippen LogP contribution in [0.1, 0.15) is 45.4 Å². The number of piperidine rings is 1. The Morgan fingerprint density at radius 1 is 1.19 bits per heavy atom. The smallest absolute Gasteiger partial charge is 0.0695 e. The Hall–Kier alpha value is -0.120. The first-order valence-electron chi connectivity index (χ1n) is 6.97. The maximum Gasteiger partial charge on any atom is 0.0695 e. The van der Waals surface area contributed by atoms with Gasteiger partial charge in [-0.05, 0) is 38.8 Å². The number of hydrogen-bond donors (Lipinski definition) is 2. The maximum absolute atomic E-state index is 10.1. The van der Waals surface area contributed by atoms with Crippen LogP contribution in [-0.4, -0.2) is 47.8 Å². The molecule has 3 atom stereocenters. The van der Waals surface area contributed by atoms with Crippen molar-refractivity contribution in [2.24, 2.45) is 0 Å². The third-order valence-corrected chi connectivity index (χ3v) is 4.22. The summed E-state index contributed by atoms with van der Waals surface area (Å²) >= 11 is 0. The summed E-state index contributed by atoms with van der Waals surface area (Å²) in [4.78, 5) is 2.55. The molecule has 2 fully saturated rings. The molecule has 2 rings (SSSR count). The molecule has 1 saturated carbocycles. The van der Waals surface area contributed by atoms with E-state index in [9.17, 15) is 5.11 Å². The van der Waals surface area contributed by atoms with Crippen LogP contribution in [0.4, 0.5) is 0 Å². The van der Waals surface area contributed by atoms with Crippen molar-refractivity contribution in [1.29, 1.82) is 0 Å². The molecule has 3 nitrogen and oxygen atoms in total. The highest BCUT2D eigenvalue weighted by molar-refractivity contribution is 4.88. The summed E-state index contributed by atoms with van der Waals surface area (Å²) in [6.45, 7) is 5.59. The SMILES string of the molecule is CCN(C1CCCNC1)C1CCCCC1O. The molecule has 3 heteroatoms. The van der Waals surface area contributed by atoms with Crippen molar-refractivity contribution in [3.8, 4) is 0 Å². The first-order valence-corrected chi connectivity index (χ1v) is 6.97. The van der Waals surface area contributed by atoms with Gasteiger partial charge in [-0.3, -0.25) is 4.90 Å². The molecule has 0 aromatic rings. The number of rotatable bonds is 3. The average Bonchev–Trinajstić information content (AvgIpc) is 2.34. The molecular weight excluding hydrogens is 200 g/mol. The second-order valence-corrected chi connectivity index (χ2v) is 5.25. The lowest BCUT2D eigenvalue weighted by atomic mass is 9.89. The molecule has 2 N–H and O–H groups in total. The van der Waals surface area contributed by atoms with E-state index in [1.165, 1.54) is 38.6 Å². The predicted octanol–water partition coefficient (Wildman–Crippen LogP) is 1.36. The summed E-state index contributed by atoms with van der Waals surface area (Å²) in [6.07, 6.45) is 7.17. The Bertz CT molecular complexity index is 204. The fourth-order valence-electron chi connectivity index (χ4n) is 3.36. The van der Waals surface area contributed by atoms with Gasteiger partial charge in [0.25, 0.3) is 0 Å². The van der Waals surface area contributed by atoms with E-state index in [1.807, 2.05) is 0 Å². The van der Waals surface area contributed by atoms with Crippen molar-refractivity contribution >= 4 is 0 Å². The highest BCUT2D eigenvalue weighted by Gasteiger charge is 2.32. The van der Waals surface area contributed by atoms with Gasteiger partial charge in [0, 0.05) is 18.6 Å². The van der Waals surface area contributed by atoms with E-state index >= 15 is 0 Å². The summed E-state index contributed by atoms with van der Waals surface area (Å²) in [5, 5.41) is 13.6. The Balaban J connectivity index is 1.96. The number of aliphatic hydroxyl groups is 1. The van der Waals surface area contributed by atoms with Gasteiger partial charge in [0.05, 0.1) is 6.10 Å². The number of likely N-dealkylation sites (N-methyl/N-ethyl adjacent to an activating group) is 1. The van der Waals surface area contributed by atoms with Crippen molar-refractivity contribution in [3.63, 3.8) is 0 Å². The molecule has 1 heterocycles. The van der Waals surface area contributed by atoms with Crippen molar-refractivity contribution in [1.82, 2.24) is 10.2 Å². The molecule has 0 radical (unpaired) electrons. The standard InChI is InChI=1S/C13H26N2O/c1-2-15(11-6-5-9-14-10-11)12-7-3-4-8-13(12)16/h11-14,16H,2-10H2,1H3. The zero-order valence-electron chi connectivity index (χ0n) is 10.5. The Kier molecular flexibility index (Phi) is 4.62. The Labute approximate surface area is 99.2 Å². The van der Waals surface area contributed by atoms with E-state index < -0.39 is 0 Å². The average molecular weight is 226 g/mol. The topological polar surface area (TPSA) is 35.5 Å². The summed E-state index contributed by atoms with van der Waals surface area (Å²) < 4.78 is 0. The van der Waals surface area contributed by atoms with Crippen LogP contribution in [0.2, 0.25) is 0 Å². The third-order valence-electron chi connectivity index (χ3n) is 4.22. The number of nitrogens with one attached hydrogen (secondary N) is 1. The van der Waals surface area contributed by atoms with Crippen LogP contribution in [-0.2, 0) is 0 Å². The minimum atomic E-state index is -0.0874. The van der Waals surface area contributed by atoms with E-state index in [1.54, 1.807) is 0 Å².